The number of anilines is 1. The number of hydrogen-bond donors (Lipinski definition) is 1. The van der Waals surface area contributed by atoms with E-state index in [9.17, 15) is 4.79 Å². The lowest BCUT2D eigenvalue weighted by Crippen LogP contribution is -2.35. The third-order valence-electron chi connectivity index (χ3n) is 6.05. The number of aryl methyl sites for hydroxylation is 2. The third kappa shape index (κ3) is 3.26. The second kappa shape index (κ2) is 7.30. The van der Waals surface area contributed by atoms with E-state index in [1.807, 2.05) is 29.2 Å². The maximum Gasteiger partial charge on any atom is 0.253 e. The van der Waals surface area contributed by atoms with E-state index in [4.69, 9.17) is 4.98 Å². The smallest absolute Gasteiger partial charge is 0.253 e. The SMILES string of the molecule is O=C(c1ccc2c(c1)CCCC2)N1CCCN(c2nc3ccccc3[nH]2)CC1. The summed E-state index contributed by atoms with van der Waals surface area (Å²) in [5.74, 6) is 1.07. The summed E-state index contributed by atoms with van der Waals surface area (Å²) in [7, 11) is 0. The molecule has 3 aromatic rings. The van der Waals surface area contributed by atoms with Crippen molar-refractivity contribution in [3.63, 3.8) is 0 Å². The second-order valence-electron chi connectivity index (χ2n) is 7.90. The second-order valence-corrected chi connectivity index (χ2v) is 7.90. The van der Waals surface area contributed by atoms with Gasteiger partial charge in [0.25, 0.3) is 5.91 Å². The summed E-state index contributed by atoms with van der Waals surface area (Å²) in [6.07, 6.45) is 5.72. The van der Waals surface area contributed by atoms with E-state index in [2.05, 4.69) is 28.1 Å². The van der Waals surface area contributed by atoms with Gasteiger partial charge in [-0.05, 0) is 67.5 Å². The fraction of sp³-hybridized carbons (Fsp3) is 0.391. The molecule has 2 aromatic carbocycles. The van der Waals surface area contributed by atoms with Crippen LogP contribution in [0.15, 0.2) is 42.5 Å². The highest BCUT2D eigenvalue weighted by atomic mass is 16.2. The molecule has 1 aliphatic carbocycles. The molecule has 0 saturated carbocycles. The Morgan fingerprint density at radius 1 is 0.893 bits per heavy atom. The zero-order chi connectivity index (χ0) is 18.9. The lowest BCUT2D eigenvalue weighted by atomic mass is 9.90. The molecular weight excluding hydrogens is 348 g/mol. The van der Waals surface area contributed by atoms with Crippen LogP contribution in [-0.4, -0.2) is 47.0 Å². The fourth-order valence-electron chi connectivity index (χ4n) is 4.47. The van der Waals surface area contributed by atoms with Crippen molar-refractivity contribution in [1.82, 2.24) is 14.9 Å². The number of carbonyl (C=O) groups is 1. The Morgan fingerprint density at radius 2 is 1.75 bits per heavy atom. The average molecular weight is 374 g/mol. The standard InChI is InChI=1S/C23H26N4O/c28-22(19-11-10-17-6-1-2-7-18(17)16-19)26-12-5-13-27(15-14-26)23-24-20-8-3-4-9-21(20)25-23/h3-4,8-11,16H,1-2,5-7,12-15H2,(H,24,25). The van der Waals surface area contributed by atoms with Crippen LogP contribution in [0.1, 0.15) is 40.7 Å². The molecule has 1 aromatic heterocycles. The first-order chi connectivity index (χ1) is 13.8. The first-order valence-electron chi connectivity index (χ1n) is 10.4. The Kier molecular flexibility index (Phi) is 4.51. The van der Waals surface area contributed by atoms with E-state index in [1.165, 1.54) is 24.0 Å². The average Bonchev–Trinajstić information content (AvgIpc) is 3.02. The zero-order valence-corrected chi connectivity index (χ0v) is 16.2. The highest BCUT2D eigenvalue weighted by Crippen LogP contribution is 2.24. The number of fused-ring (bicyclic) bond motifs is 2. The van der Waals surface area contributed by atoms with Gasteiger partial charge in [0, 0.05) is 31.7 Å². The van der Waals surface area contributed by atoms with Gasteiger partial charge >= 0.3 is 0 Å². The molecule has 0 unspecified atom stereocenters. The van der Waals surface area contributed by atoms with Crippen molar-refractivity contribution in [3.05, 3.63) is 59.2 Å². The number of amides is 1. The molecule has 28 heavy (non-hydrogen) atoms. The minimum absolute atomic E-state index is 0.167. The van der Waals surface area contributed by atoms with Crippen LogP contribution in [0.4, 0.5) is 5.95 Å². The molecule has 5 rings (SSSR count). The van der Waals surface area contributed by atoms with Gasteiger partial charge in [-0.3, -0.25) is 4.79 Å². The summed E-state index contributed by atoms with van der Waals surface area (Å²) >= 11 is 0. The molecule has 1 amide bonds. The summed E-state index contributed by atoms with van der Waals surface area (Å²) in [5, 5.41) is 0. The summed E-state index contributed by atoms with van der Waals surface area (Å²) in [5.41, 5.74) is 5.69. The molecule has 5 heteroatoms. The van der Waals surface area contributed by atoms with Crippen molar-refractivity contribution in [2.75, 3.05) is 31.1 Å². The first-order valence-corrected chi connectivity index (χ1v) is 10.4. The van der Waals surface area contributed by atoms with Crippen LogP contribution >= 0.6 is 0 Å². The van der Waals surface area contributed by atoms with Crippen LogP contribution in [0.25, 0.3) is 11.0 Å². The van der Waals surface area contributed by atoms with E-state index < -0.39 is 0 Å². The molecule has 0 radical (unpaired) electrons. The number of para-hydroxylation sites is 2. The predicted molar refractivity (Wildman–Crippen MR) is 112 cm³/mol. The minimum atomic E-state index is 0.167. The Hall–Kier alpha value is -2.82. The summed E-state index contributed by atoms with van der Waals surface area (Å²) in [6.45, 7) is 3.24. The lowest BCUT2D eigenvalue weighted by Gasteiger charge is -2.23. The van der Waals surface area contributed by atoms with E-state index in [0.717, 1.165) is 68.0 Å². The number of carbonyl (C=O) groups excluding carboxylic acids is 1. The van der Waals surface area contributed by atoms with Gasteiger partial charge in [-0.2, -0.15) is 0 Å². The van der Waals surface area contributed by atoms with Crippen molar-refractivity contribution in [2.45, 2.75) is 32.1 Å². The monoisotopic (exact) mass is 374 g/mol. The first kappa shape index (κ1) is 17.3. The topological polar surface area (TPSA) is 52.2 Å². The largest absolute Gasteiger partial charge is 0.341 e. The molecular formula is C23H26N4O. The molecule has 144 valence electrons. The third-order valence-corrected chi connectivity index (χ3v) is 6.05. The lowest BCUT2D eigenvalue weighted by molar-refractivity contribution is 0.0767. The van der Waals surface area contributed by atoms with Gasteiger partial charge in [-0.25, -0.2) is 4.98 Å². The number of aromatic amines is 1. The van der Waals surface area contributed by atoms with Crippen LogP contribution in [0, 0.1) is 0 Å². The molecule has 2 aliphatic rings. The molecule has 0 spiro atoms. The van der Waals surface area contributed by atoms with Gasteiger partial charge < -0.3 is 14.8 Å². The molecule has 1 saturated heterocycles. The highest BCUT2D eigenvalue weighted by molar-refractivity contribution is 5.94. The van der Waals surface area contributed by atoms with Crippen molar-refractivity contribution in [1.29, 1.82) is 0 Å². The normalized spacial score (nSPS) is 17.4. The van der Waals surface area contributed by atoms with Crippen molar-refractivity contribution >= 4 is 22.9 Å². The molecule has 2 heterocycles. The maximum absolute atomic E-state index is 13.1. The Bertz CT molecular complexity index is 976. The molecule has 0 bridgehead atoms. The van der Waals surface area contributed by atoms with Crippen LogP contribution < -0.4 is 4.90 Å². The molecule has 1 N–H and O–H groups in total. The Labute approximate surface area is 165 Å². The van der Waals surface area contributed by atoms with Crippen molar-refractivity contribution < 1.29 is 4.79 Å². The fourth-order valence-corrected chi connectivity index (χ4v) is 4.47. The van der Waals surface area contributed by atoms with Crippen LogP contribution in [0.2, 0.25) is 0 Å². The van der Waals surface area contributed by atoms with Gasteiger partial charge in [0.1, 0.15) is 0 Å². The quantitative estimate of drug-likeness (QED) is 0.742. The van der Waals surface area contributed by atoms with Gasteiger partial charge in [0.15, 0.2) is 0 Å². The summed E-state index contributed by atoms with van der Waals surface area (Å²) in [4.78, 5) is 25.5. The number of H-pyrrole nitrogens is 1. The number of nitrogens with one attached hydrogen (secondary N) is 1. The predicted octanol–water partition coefficient (Wildman–Crippen LogP) is 3.79. The van der Waals surface area contributed by atoms with Gasteiger partial charge in [-0.1, -0.05) is 18.2 Å². The number of hydrogen-bond acceptors (Lipinski definition) is 3. The highest BCUT2D eigenvalue weighted by Gasteiger charge is 2.23. The zero-order valence-electron chi connectivity index (χ0n) is 16.2. The number of benzene rings is 2. The van der Waals surface area contributed by atoms with E-state index in [-0.39, 0.29) is 5.91 Å². The van der Waals surface area contributed by atoms with Crippen LogP contribution in [0.5, 0.6) is 0 Å². The van der Waals surface area contributed by atoms with Crippen LogP contribution in [-0.2, 0) is 12.8 Å². The van der Waals surface area contributed by atoms with Crippen molar-refractivity contribution in [2.24, 2.45) is 0 Å². The Balaban J connectivity index is 1.30. The van der Waals surface area contributed by atoms with Gasteiger partial charge in [0.05, 0.1) is 11.0 Å². The number of rotatable bonds is 2. The molecule has 0 atom stereocenters. The van der Waals surface area contributed by atoms with Gasteiger partial charge in [0.2, 0.25) is 5.95 Å². The van der Waals surface area contributed by atoms with E-state index in [0.29, 0.717) is 0 Å². The summed E-state index contributed by atoms with van der Waals surface area (Å²) < 4.78 is 0. The molecule has 5 nitrogen and oxygen atoms in total. The number of nitrogens with zero attached hydrogens (tertiary/aromatic N) is 3. The van der Waals surface area contributed by atoms with Crippen molar-refractivity contribution in [3.8, 4) is 0 Å². The van der Waals surface area contributed by atoms with Gasteiger partial charge in [-0.15, -0.1) is 0 Å². The number of imidazole rings is 1. The maximum atomic E-state index is 13.1. The Morgan fingerprint density at radius 3 is 2.64 bits per heavy atom. The molecule has 1 aliphatic heterocycles. The van der Waals surface area contributed by atoms with E-state index >= 15 is 0 Å². The minimum Gasteiger partial charge on any atom is -0.341 e. The number of aromatic nitrogens is 2. The van der Waals surface area contributed by atoms with Crippen LogP contribution in [0.3, 0.4) is 0 Å². The van der Waals surface area contributed by atoms with E-state index in [1.54, 1.807) is 0 Å². The molecule has 1 fully saturated rings. The summed E-state index contributed by atoms with van der Waals surface area (Å²) in [6, 6.07) is 14.4.